The summed E-state index contributed by atoms with van der Waals surface area (Å²) in [7, 11) is 3.12. The van der Waals surface area contributed by atoms with Crippen LogP contribution in [0.15, 0.2) is 24.4 Å². The normalized spacial score (nSPS) is 19.1. The molecule has 1 aromatic heterocycles. The van der Waals surface area contributed by atoms with Crippen molar-refractivity contribution in [2.75, 3.05) is 33.9 Å². The molecule has 7 heteroatoms. The molecule has 0 saturated carbocycles. The van der Waals surface area contributed by atoms with Gasteiger partial charge >= 0.3 is 0 Å². The molecule has 0 spiro atoms. The minimum absolute atomic E-state index is 0.0676. The van der Waals surface area contributed by atoms with Crippen LogP contribution in [0.3, 0.4) is 0 Å². The number of methoxy groups -OCH3 is 2. The molecule has 1 saturated heterocycles. The number of hydrogen-bond donors (Lipinski definition) is 1. The number of para-hydroxylation sites is 1. The van der Waals surface area contributed by atoms with E-state index in [4.69, 9.17) is 14.5 Å². The van der Waals surface area contributed by atoms with Crippen molar-refractivity contribution in [3.8, 4) is 11.5 Å². The molecule has 1 fully saturated rings. The molecule has 0 bridgehead atoms. The highest BCUT2D eigenvalue weighted by molar-refractivity contribution is 5.98. The van der Waals surface area contributed by atoms with Crippen LogP contribution in [0.4, 0.5) is 0 Å². The summed E-state index contributed by atoms with van der Waals surface area (Å²) >= 11 is 0. The average molecular weight is 382 g/mol. The molecule has 2 aliphatic rings. The number of ether oxygens (including phenoxy) is 2. The lowest BCUT2D eigenvalue weighted by molar-refractivity contribution is 0.0729. The molecule has 0 aliphatic carbocycles. The van der Waals surface area contributed by atoms with E-state index < -0.39 is 0 Å². The fourth-order valence-electron chi connectivity index (χ4n) is 4.00. The first-order valence-corrected chi connectivity index (χ1v) is 9.77. The second-order valence-electron chi connectivity index (χ2n) is 7.26. The SMILES string of the molecule is COc1cccc(C(=O)N2CCc3nc([C@@H]4CCCNC4)ncc3C2)c1OC. The summed E-state index contributed by atoms with van der Waals surface area (Å²) in [5, 5.41) is 3.42. The average Bonchev–Trinajstić information content (AvgIpc) is 2.77. The molecule has 0 radical (unpaired) electrons. The van der Waals surface area contributed by atoms with E-state index in [0.717, 1.165) is 49.4 Å². The molecule has 28 heavy (non-hydrogen) atoms. The van der Waals surface area contributed by atoms with Crippen LogP contribution in [0, 0.1) is 0 Å². The Hall–Kier alpha value is -2.67. The van der Waals surface area contributed by atoms with Gasteiger partial charge in [0, 0.05) is 43.7 Å². The molecule has 1 atom stereocenters. The molecular formula is C21H26N4O3. The Morgan fingerprint density at radius 1 is 1.29 bits per heavy atom. The predicted molar refractivity (Wildman–Crippen MR) is 105 cm³/mol. The van der Waals surface area contributed by atoms with Gasteiger partial charge in [-0.05, 0) is 31.5 Å². The number of hydrogen-bond acceptors (Lipinski definition) is 6. The number of nitrogens with zero attached hydrogens (tertiary/aromatic N) is 3. The maximum Gasteiger partial charge on any atom is 0.258 e. The van der Waals surface area contributed by atoms with E-state index in [-0.39, 0.29) is 5.91 Å². The number of rotatable bonds is 4. The fourth-order valence-corrected chi connectivity index (χ4v) is 4.00. The zero-order valence-electron chi connectivity index (χ0n) is 16.4. The third-order valence-corrected chi connectivity index (χ3v) is 5.54. The van der Waals surface area contributed by atoms with Gasteiger partial charge in [0.15, 0.2) is 11.5 Å². The summed E-state index contributed by atoms with van der Waals surface area (Å²) in [5.41, 5.74) is 2.60. The maximum absolute atomic E-state index is 13.1. The highest BCUT2D eigenvalue weighted by Crippen LogP contribution is 2.32. The first-order chi connectivity index (χ1) is 13.7. The van der Waals surface area contributed by atoms with Crippen molar-refractivity contribution in [1.29, 1.82) is 0 Å². The van der Waals surface area contributed by atoms with E-state index in [1.165, 1.54) is 0 Å². The minimum atomic E-state index is -0.0676. The third-order valence-electron chi connectivity index (χ3n) is 5.54. The van der Waals surface area contributed by atoms with Crippen LogP contribution in [0.25, 0.3) is 0 Å². The summed E-state index contributed by atoms with van der Waals surface area (Å²) < 4.78 is 10.7. The van der Waals surface area contributed by atoms with Crippen molar-refractivity contribution in [3.05, 3.63) is 47.0 Å². The Morgan fingerprint density at radius 3 is 2.93 bits per heavy atom. The van der Waals surface area contributed by atoms with Crippen LogP contribution in [-0.4, -0.2) is 54.6 Å². The first-order valence-electron chi connectivity index (χ1n) is 9.77. The maximum atomic E-state index is 13.1. The van der Waals surface area contributed by atoms with E-state index in [2.05, 4.69) is 10.3 Å². The number of fused-ring (bicyclic) bond motifs is 1. The van der Waals surface area contributed by atoms with Crippen molar-refractivity contribution in [2.45, 2.75) is 31.7 Å². The van der Waals surface area contributed by atoms with Crippen LogP contribution in [0.1, 0.15) is 46.2 Å². The molecule has 1 amide bonds. The van der Waals surface area contributed by atoms with Gasteiger partial charge in [-0.2, -0.15) is 0 Å². The monoisotopic (exact) mass is 382 g/mol. The lowest BCUT2D eigenvalue weighted by Crippen LogP contribution is -2.37. The van der Waals surface area contributed by atoms with Gasteiger partial charge in [0.1, 0.15) is 5.82 Å². The van der Waals surface area contributed by atoms with Crippen molar-refractivity contribution in [2.24, 2.45) is 0 Å². The van der Waals surface area contributed by atoms with E-state index in [9.17, 15) is 4.79 Å². The van der Waals surface area contributed by atoms with Gasteiger partial charge in [-0.25, -0.2) is 9.97 Å². The zero-order valence-corrected chi connectivity index (χ0v) is 16.4. The smallest absolute Gasteiger partial charge is 0.258 e. The Balaban J connectivity index is 1.53. The predicted octanol–water partition coefficient (Wildman–Crippen LogP) is 2.16. The molecule has 7 nitrogen and oxygen atoms in total. The molecule has 1 N–H and O–H groups in total. The van der Waals surface area contributed by atoms with E-state index in [1.54, 1.807) is 32.4 Å². The van der Waals surface area contributed by atoms with Gasteiger partial charge in [-0.1, -0.05) is 6.07 Å². The van der Waals surface area contributed by atoms with Gasteiger partial charge in [-0.3, -0.25) is 4.79 Å². The summed E-state index contributed by atoms with van der Waals surface area (Å²) in [6.07, 6.45) is 4.93. The second kappa shape index (κ2) is 8.14. The van der Waals surface area contributed by atoms with Gasteiger partial charge in [0.25, 0.3) is 5.91 Å². The largest absolute Gasteiger partial charge is 0.493 e. The number of carbonyl (C=O) groups is 1. The Labute approximate surface area is 165 Å². The standard InChI is InChI=1S/C21H26N4O3/c1-27-18-7-3-6-16(19(18)28-2)21(26)25-10-8-17-15(13-25)12-23-20(24-17)14-5-4-9-22-11-14/h3,6-7,12,14,22H,4-5,8-11,13H2,1-2H3/t14-/m1/s1. The van der Waals surface area contributed by atoms with Crippen molar-refractivity contribution in [1.82, 2.24) is 20.2 Å². The first kappa shape index (κ1) is 18.7. The van der Waals surface area contributed by atoms with Crippen LogP contribution in [-0.2, 0) is 13.0 Å². The Kier molecular flexibility index (Phi) is 5.43. The molecule has 1 aromatic carbocycles. The van der Waals surface area contributed by atoms with Gasteiger partial charge in [0.05, 0.1) is 25.5 Å². The highest BCUT2D eigenvalue weighted by atomic mass is 16.5. The number of nitrogens with one attached hydrogen (secondary N) is 1. The van der Waals surface area contributed by atoms with Gasteiger partial charge in [-0.15, -0.1) is 0 Å². The molecule has 2 aromatic rings. The summed E-state index contributed by atoms with van der Waals surface area (Å²) in [5.74, 6) is 2.28. The van der Waals surface area contributed by atoms with Crippen LogP contribution >= 0.6 is 0 Å². The minimum Gasteiger partial charge on any atom is -0.493 e. The lowest BCUT2D eigenvalue weighted by atomic mass is 9.98. The molecule has 2 aliphatic heterocycles. The van der Waals surface area contributed by atoms with Crippen LogP contribution in [0.2, 0.25) is 0 Å². The number of piperidine rings is 1. The molecule has 4 rings (SSSR count). The quantitative estimate of drug-likeness (QED) is 0.873. The number of carbonyl (C=O) groups excluding carboxylic acids is 1. The van der Waals surface area contributed by atoms with Gasteiger partial charge < -0.3 is 19.7 Å². The second-order valence-corrected chi connectivity index (χ2v) is 7.26. The summed E-state index contributed by atoms with van der Waals surface area (Å²) in [6, 6.07) is 5.37. The topological polar surface area (TPSA) is 76.6 Å². The number of amides is 1. The molecule has 3 heterocycles. The Morgan fingerprint density at radius 2 is 2.18 bits per heavy atom. The van der Waals surface area contributed by atoms with E-state index in [1.807, 2.05) is 11.1 Å². The van der Waals surface area contributed by atoms with Crippen molar-refractivity contribution in [3.63, 3.8) is 0 Å². The van der Waals surface area contributed by atoms with Crippen LogP contribution in [0.5, 0.6) is 11.5 Å². The zero-order chi connectivity index (χ0) is 19.5. The Bertz CT molecular complexity index is 865. The van der Waals surface area contributed by atoms with Crippen molar-refractivity contribution < 1.29 is 14.3 Å². The highest BCUT2D eigenvalue weighted by Gasteiger charge is 2.27. The van der Waals surface area contributed by atoms with E-state index >= 15 is 0 Å². The summed E-state index contributed by atoms with van der Waals surface area (Å²) in [6.45, 7) is 3.16. The van der Waals surface area contributed by atoms with Gasteiger partial charge in [0.2, 0.25) is 0 Å². The van der Waals surface area contributed by atoms with Crippen molar-refractivity contribution >= 4 is 5.91 Å². The van der Waals surface area contributed by atoms with E-state index in [0.29, 0.717) is 36.1 Å². The molecular weight excluding hydrogens is 356 g/mol. The number of aromatic nitrogens is 2. The molecule has 0 unspecified atom stereocenters. The third kappa shape index (κ3) is 3.54. The number of benzene rings is 1. The van der Waals surface area contributed by atoms with Crippen LogP contribution < -0.4 is 14.8 Å². The molecule has 148 valence electrons. The lowest BCUT2D eigenvalue weighted by Gasteiger charge is -2.29. The summed E-state index contributed by atoms with van der Waals surface area (Å²) in [4.78, 5) is 24.4. The fraction of sp³-hybridized carbons (Fsp3) is 0.476.